The lowest BCUT2D eigenvalue weighted by Crippen LogP contribution is -2.59. The maximum Gasteiger partial charge on any atom is 0.407 e. The number of aromatic hydroxyl groups is 1. The monoisotopic (exact) mass is 467 g/mol. The molecule has 174 valence electrons. The van der Waals surface area contributed by atoms with E-state index < -0.39 is 33.2 Å². The number of aromatic nitrogens is 1. The lowest BCUT2D eigenvalue weighted by Gasteiger charge is -2.46. The van der Waals surface area contributed by atoms with Gasteiger partial charge in [0.05, 0.1) is 10.9 Å². The largest absolute Gasteiger partial charge is 0.503 e. The first kappa shape index (κ1) is 23.7. The van der Waals surface area contributed by atoms with Crippen LogP contribution >= 0.6 is 0 Å². The van der Waals surface area contributed by atoms with Gasteiger partial charge in [-0.1, -0.05) is 20.8 Å². The van der Waals surface area contributed by atoms with Crippen molar-refractivity contribution in [2.75, 3.05) is 19.6 Å². The van der Waals surface area contributed by atoms with Crippen molar-refractivity contribution < 1.29 is 27.8 Å². The minimum absolute atomic E-state index is 0.151. The zero-order chi connectivity index (χ0) is 23.8. The third-order valence-corrected chi connectivity index (χ3v) is 7.27. The number of hydrogen-bond donors (Lipinski definition) is 2. The van der Waals surface area contributed by atoms with E-state index in [0.717, 1.165) is 30.5 Å². The number of amides is 1. The molecule has 1 unspecified atom stereocenters. The Morgan fingerprint density at radius 2 is 1.78 bits per heavy atom. The number of halogens is 1. The summed E-state index contributed by atoms with van der Waals surface area (Å²) < 4.78 is 39.0. The summed E-state index contributed by atoms with van der Waals surface area (Å²) in [6.45, 7) is 7.04. The average molecular weight is 468 g/mol. The number of rotatable bonds is 4. The van der Waals surface area contributed by atoms with Crippen LogP contribution in [0.2, 0.25) is 0 Å². The molecule has 2 aromatic rings. The average Bonchev–Trinajstić information content (AvgIpc) is 2.71. The Bertz CT molecular complexity index is 1170. The van der Waals surface area contributed by atoms with Gasteiger partial charge in [0, 0.05) is 37.9 Å². The second-order valence-corrected chi connectivity index (χ2v) is 10.7. The number of piperazine rings is 1. The van der Waals surface area contributed by atoms with Crippen molar-refractivity contribution in [1.29, 1.82) is 0 Å². The third-order valence-electron chi connectivity index (χ3n) is 5.59. The molecule has 1 amide bonds. The molecule has 0 bridgehead atoms. The molecule has 1 aromatic carbocycles. The van der Waals surface area contributed by atoms with Crippen molar-refractivity contribution in [3.63, 3.8) is 0 Å². The molecular formula is C21H26FN3O6S. The van der Waals surface area contributed by atoms with E-state index in [1.807, 2.05) is 25.7 Å². The summed E-state index contributed by atoms with van der Waals surface area (Å²) in [6, 6.07) is 5.05. The lowest BCUT2D eigenvalue weighted by molar-refractivity contribution is 0.0187. The molecule has 0 radical (unpaired) electrons. The highest BCUT2D eigenvalue weighted by atomic mass is 32.2. The Hall–Kier alpha value is -2.92. The first-order chi connectivity index (χ1) is 14.8. The minimum atomic E-state index is -4.31. The number of hydrogen-bond acceptors (Lipinski definition) is 6. The van der Waals surface area contributed by atoms with Crippen LogP contribution in [0, 0.1) is 11.2 Å². The number of pyridine rings is 1. The fraction of sp³-hybridized carbons (Fsp3) is 0.429. The van der Waals surface area contributed by atoms with Gasteiger partial charge in [-0.2, -0.15) is 0 Å². The molecule has 1 saturated heterocycles. The first-order valence-electron chi connectivity index (χ1n) is 9.99. The summed E-state index contributed by atoms with van der Waals surface area (Å²) in [6.07, 6.45) is 0.0613. The molecule has 1 aliphatic heterocycles. The van der Waals surface area contributed by atoms with Crippen LogP contribution in [0.1, 0.15) is 26.3 Å². The normalized spacial score (nSPS) is 18.0. The first-order valence-corrected chi connectivity index (χ1v) is 11.4. The topological polar surface area (TPSA) is 120 Å². The Balaban J connectivity index is 1.87. The zero-order valence-corrected chi connectivity index (χ0v) is 18.8. The summed E-state index contributed by atoms with van der Waals surface area (Å²) in [5.74, 6) is -1.32. The van der Waals surface area contributed by atoms with Gasteiger partial charge in [0.2, 0.25) is 0 Å². The maximum atomic E-state index is 13.1. The molecule has 2 heterocycles. The molecule has 32 heavy (non-hydrogen) atoms. The molecule has 1 fully saturated rings. The highest BCUT2D eigenvalue weighted by Gasteiger charge is 2.38. The second-order valence-electron chi connectivity index (χ2n) is 8.84. The number of nitrogens with zero attached hydrogens (tertiary/aromatic N) is 3. The van der Waals surface area contributed by atoms with Crippen molar-refractivity contribution >= 4 is 16.1 Å². The van der Waals surface area contributed by atoms with Crippen molar-refractivity contribution in [1.82, 2.24) is 13.8 Å². The number of benzene rings is 1. The highest BCUT2D eigenvalue weighted by Crippen LogP contribution is 2.29. The Morgan fingerprint density at radius 1 is 1.16 bits per heavy atom. The van der Waals surface area contributed by atoms with E-state index in [0.29, 0.717) is 17.1 Å². The van der Waals surface area contributed by atoms with Gasteiger partial charge in [-0.25, -0.2) is 21.6 Å². The van der Waals surface area contributed by atoms with Gasteiger partial charge in [-0.15, -0.1) is 0 Å². The third kappa shape index (κ3) is 4.63. The van der Waals surface area contributed by atoms with Crippen molar-refractivity contribution in [3.8, 4) is 5.75 Å². The van der Waals surface area contributed by atoms with Gasteiger partial charge in [-0.05, 0) is 35.7 Å². The Labute approximate surface area is 185 Å². The molecule has 0 saturated carbocycles. The summed E-state index contributed by atoms with van der Waals surface area (Å²) in [5.41, 5.74) is -1.20. The Kier molecular flexibility index (Phi) is 6.34. The van der Waals surface area contributed by atoms with Crippen LogP contribution in [0.15, 0.2) is 46.2 Å². The van der Waals surface area contributed by atoms with Gasteiger partial charge in [0.25, 0.3) is 10.0 Å². The van der Waals surface area contributed by atoms with E-state index >= 15 is 0 Å². The van der Waals surface area contributed by atoms with E-state index in [9.17, 15) is 32.6 Å². The van der Waals surface area contributed by atoms with E-state index in [-0.39, 0.29) is 35.0 Å². The predicted octanol–water partition coefficient (Wildman–Crippen LogP) is 2.14. The quantitative estimate of drug-likeness (QED) is 0.707. The molecule has 1 aromatic heterocycles. The number of carbonyl (C=O) groups is 1. The molecule has 0 aliphatic carbocycles. The maximum absolute atomic E-state index is 13.1. The van der Waals surface area contributed by atoms with Crippen LogP contribution < -0.4 is 5.56 Å². The predicted molar refractivity (Wildman–Crippen MR) is 115 cm³/mol. The van der Waals surface area contributed by atoms with Crippen molar-refractivity contribution in [3.05, 3.63) is 58.3 Å². The smallest absolute Gasteiger partial charge is 0.407 e. The fourth-order valence-corrected chi connectivity index (χ4v) is 5.01. The van der Waals surface area contributed by atoms with Crippen LogP contribution in [0.3, 0.4) is 0 Å². The highest BCUT2D eigenvalue weighted by molar-refractivity contribution is 7.90. The van der Waals surface area contributed by atoms with Gasteiger partial charge >= 0.3 is 11.7 Å². The Morgan fingerprint density at radius 3 is 2.34 bits per heavy atom. The molecule has 9 nitrogen and oxygen atoms in total. The van der Waals surface area contributed by atoms with E-state index in [1.165, 1.54) is 11.0 Å². The molecule has 1 atom stereocenters. The number of carboxylic acid groups (broad SMARTS) is 1. The van der Waals surface area contributed by atoms with Crippen LogP contribution in [0.5, 0.6) is 5.75 Å². The van der Waals surface area contributed by atoms with Gasteiger partial charge in [0.15, 0.2) is 5.75 Å². The van der Waals surface area contributed by atoms with E-state index in [1.54, 1.807) is 0 Å². The molecular weight excluding hydrogens is 441 g/mol. The summed E-state index contributed by atoms with van der Waals surface area (Å²) in [5, 5.41) is 19.9. The van der Waals surface area contributed by atoms with Crippen LogP contribution in [-0.4, -0.2) is 64.2 Å². The second kappa shape index (κ2) is 8.55. The minimum Gasteiger partial charge on any atom is -0.503 e. The van der Waals surface area contributed by atoms with Crippen LogP contribution in [-0.2, 0) is 16.6 Å². The van der Waals surface area contributed by atoms with E-state index in [2.05, 4.69) is 0 Å². The fourth-order valence-electron chi connectivity index (χ4n) is 3.78. The molecule has 2 N–H and O–H groups in total. The molecule has 3 rings (SSSR count). The van der Waals surface area contributed by atoms with Crippen molar-refractivity contribution in [2.24, 2.45) is 5.41 Å². The van der Waals surface area contributed by atoms with Gasteiger partial charge in [0.1, 0.15) is 5.82 Å². The summed E-state index contributed by atoms with van der Waals surface area (Å²) in [7, 11) is -4.31. The zero-order valence-electron chi connectivity index (χ0n) is 18.0. The molecule has 11 heteroatoms. The van der Waals surface area contributed by atoms with Crippen molar-refractivity contribution in [2.45, 2.75) is 38.3 Å². The molecule has 1 aliphatic rings. The van der Waals surface area contributed by atoms with Gasteiger partial charge in [-0.3, -0.25) is 9.69 Å². The summed E-state index contributed by atoms with van der Waals surface area (Å²) in [4.78, 5) is 27.3. The lowest BCUT2D eigenvalue weighted by atomic mass is 9.84. The SMILES string of the molecule is CC(C)(C)C1CN(Cc2ccn(S(=O)(=O)c3ccc(F)cc3)c(=O)c2O)CCN1C(=O)O. The van der Waals surface area contributed by atoms with E-state index in [4.69, 9.17) is 0 Å². The van der Waals surface area contributed by atoms with Crippen LogP contribution in [0.25, 0.3) is 0 Å². The van der Waals surface area contributed by atoms with Gasteiger partial charge < -0.3 is 15.1 Å². The van der Waals surface area contributed by atoms with Crippen LogP contribution in [0.4, 0.5) is 9.18 Å². The summed E-state index contributed by atoms with van der Waals surface area (Å²) >= 11 is 0. The molecule has 0 spiro atoms. The standard InChI is InChI=1S/C21H26FN3O6S/c1-21(2,3)17-13-23(10-11-24(17)20(28)29)12-14-8-9-25(19(27)18(14)26)32(30,31)16-6-4-15(22)5-7-16/h4-9,17,26H,10-13H2,1-3H3,(H,28,29).